The molecule has 3 aromatic rings. The van der Waals surface area contributed by atoms with Gasteiger partial charge >= 0.3 is 0 Å². The van der Waals surface area contributed by atoms with E-state index < -0.39 is 9.84 Å². The highest BCUT2D eigenvalue weighted by Crippen LogP contribution is 2.34. The molecule has 0 aliphatic carbocycles. The Hall–Kier alpha value is -2.44. The number of hydrogen-bond acceptors (Lipinski definition) is 4. The number of piperidine rings is 1. The van der Waals surface area contributed by atoms with Crippen LogP contribution in [0, 0.1) is 13.8 Å². The average Bonchev–Trinajstić information content (AvgIpc) is 2.72. The van der Waals surface area contributed by atoms with Crippen LogP contribution in [0.3, 0.4) is 0 Å². The molecule has 2 aromatic carbocycles. The van der Waals surface area contributed by atoms with Crippen molar-refractivity contribution in [2.45, 2.75) is 42.9 Å². The van der Waals surface area contributed by atoms with Crippen LogP contribution in [0.15, 0.2) is 52.4 Å². The van der Waals surface area contributed by atoms with Gasteiger partial charge < -0.3 is 4.90 Å². The molecule has 0 bridgehead atoms. The van der Waals surface area contributed by atoms with E-state index >= 15 is 0 Å². The van der Waals surface area contributed by atoms with Gasteiger partial charge in [-0.15, -0.1) is 0 Å². The number of hydrogen-bond donors (Lipinski definition) is 0. The number of aryl methyl sites for hydroxylation is 2. The summed E-state index contributed by atoms with van der Waals surface area (Å²) in [6.45, 7) is 4.95. The summed E-state index contributed by atoms with van der Waals surface area (Å²) in [5.41, 5.74) is 2.27. The van der Waals surface area contributed by atoms with Crippen LogP contribution < -0.4 is 0 Å². The van der Waals surface area contributed by atoms with Gasteiger partial charge in [-0.1, -0.05) is 17.7 Å². The number of carbonyl (C=O) groups is 1. The lowest BCUT2D eigenvalue weighted by molar-refractivity contribution is 0.0720. The van der Waals surface area contributed by atoms with Crippen molar-refractivity contribution in [1.29, 1.82) is 0 Å². The number of rotatable bonds is 3. The number of aromatic nitrogens is 1. The van der Waals surface area contributed by atoms with Gasteiger partial charge in [-0.05, 0) is 74.6 Å². The minimum Gasteiger partial charge on any atom is -0.339 e. The van der Waals surface area contributed by atoms with Crippen molar-refractivity contribution < 1.29 is 13.2 Å². The smallest absolute Gasteiger partial charge is 0.256 e. The SMILES string of the molecule is Cc1cc(C)cc(S(=O)(=O)c2c(C(=O)N3CCCCC3)cnc3ccc(Cl)cc23)c1. The molecule has 0 saturated carbocycles. The molecule has 1 saturated heterocycles. The molecule has 4 rings (SSSR count). The summed E-state index contributed by atoms with van der Waals surface area (Å²) in [6.07, 6.45) is 4.29. The normalized spacial score (nSPS) is 14.8. The number of fused-ring (bicyclic) bond motifs is 1. The fourth-order valence-corrected chi connectivity index (χ4v) is 6.03. The predicted molar refractivity (Wildman–Crippen MR) is 118 cm³/mol. The Kier molecular flexibility index (Phi) is 5.55. The maximum atomic E-state index is 13.8. The third kappa shape index (κ3) is 3.82. The van der Waals surface area contributed by atoms with Crippen molar-refractivity contribution in [2.75, 3.05) is 13.1 Å². The second-order valence-corrected chi connectivity index (χ2v) is 10.2. The second-order valence-electron chi connectivity index (χ2n) is 7.84. The Morgan fingerprint density at radius 2 is 1.67 bits per heavy atom. The number of pyridine rings is 1. The highest BCUT2D eigenvalue weighted by Gasteiger charge is 2.31. The molecule has 1 fully saturated rings. The second kappa shape index (κ2) is 8.00. The van der Waals surface area contributed by atoms with Gasteiger partial charge in [0.2, 0.25) is 9.84 Å². The zero-order valence-corrected chi connectivity index (χ0v) is 18.6. The van der Waals surface area contributed by atoms with Gasteiger partial charge in [0.1, 0.15) is 0 Å². The molecular weight excluding hydrogens is 420 g/mol. The Balaban J connectivity index is 2.00. The van der Waals surface area contributed by atoms with E-state index in [0.29, 0.717) is 29.0 Å². The number of sulfone groups is 1. The van der Waals surface area contributed by atoms with Crippen molar-refractivity contribution in [3.63, 3.8) is 0 Å². The summed E-state index contributed by atoms with van der Waals surface area (Å²) >= 11 is 6.20. The van der Waals surface area contributed by atoms with Crippen LogP contribution in [0.1, 0.15) is 40.7 Å². The largest absolute Gasteiger partial charge is 0.339 e. The van der Waals surface area contributed by atoms with E-state index in [1.807, 2.05) is 19.9 Å². The van der Waals surface area contributed by atoms with E-state index in [9.17, 15) is 13.2 Å². The lowest BCUT2D eigenvalue weighted by Gasteiger charge is -2.27. The Labute approximate surface area is 181 Å². The van der Waals surface area contributed by atoms with Crippen LogP contribution in [0.25, 0.3) is 10.9 Å². The maximum Gasteiger partial charge on any atom is 0.256 e. The fourth-order valence-electron chi connectivity index (χ4n) is 4.06. The zero-order chi connectivity index (χ0) is 21.5. The molecule has 1 aliphatic rings. The third-order valence-corrected chi connectivity index (χ3v) is 7.50. The molecular formula is C23H23ClN2O3S. The number of carbonyl (C=O) groups excluding carboxylic acids is 1. The van der Waals surface area contributed by atoms with E-state index in [4.69, 9.17) is 11.6 Å². The van der Waals surface area contributed by atoms with Crippen LogP contribution in [0.4, 0.5) is 0 Å². The number of benzene rings is 2. The maximum absolute atomic E-state index is 13.8. The van der Waals surface area contributed by atoms with Gasteiger partial charge in [-0.25, -0.2) is 8.42 Å². The zero-order valence-electron chi connectivity index (χ0n) is 17.0. The number of nitrogens with zero attached hydrogens (tertiary/aromatic N) is 2. The average molecular weight is 443 g/mol. The molecule has 0 unspecified atom stereocenters. The molecule has 1 aromatic heterocycles. The molecule has 2 heterocycles. The van der Waals surface area contributed by atoms with Crippen LogP contribution in [-0.2, 0) is 9.84 Å². The van der Waals surface area contributed by atoms with Crippen LogP contribution in [-0.4, -0.2) is 37.3 Å². The van der Waals surface area contributed by atoms with Crippen molar-refractivity contribution in [3.8, 4) is 0 Å². The predicted octanol–water partition coefficient (Wildman–Crippen LogP) is 4.96. The first-order chi connectivity index (χ1) is 14.3. The lowest BCUT2D eigenvalue weighted by atomic mass is 10.1. The summed E-state index contributed by atoms with van der Waals surface area (Å²) < 4.78 is 27.7. The standard InChI is InChI=1S/C23H23ClN2O3S/c1-15-10-16(2)12-18(11-15)30(28,29)22-19-13-17(24)6-7-21(19)25-14-20(22)23(27)26-8-4-3-5-9-26/h6-7,10-14H,3-5,8-9H2,1-2H3. The number of likely N-dealkylation sites (tertiary alicyclic amines) is 1. The van der Waals surface area contributed by atoms with Crippen molar-refractivity contribution >= 4 is 38.2 Å². The van der Waals surface area contributed by atoms with E-state index in [-0.39, 0.29) is 21.3 Å². The highest BCUT2D eigenvalue weighted by molar-refractivity contribution is 7.91. The van der Waals surface area contributed by atoms with Crippen molar-refractivity contribution in [1.82, 2.24) is 9.88 Å². The van der Waals surface area contributed by atoms with Crippen LogP contribution >= 0.6 is 11.6 Å². The van der Waals surface area contributed by atoms with Crippen molar-refractivity contribution in [2.24, 2.45) is 0 Å². The molecule has 30 heavy (non-hydrogen) atoms. The summed E-state index contributed by atoms with van der Waals surface area (Å²) in [6, 6.07) is 10.1. The van der Waals surface area contributed by atoms with Gasteiger partial charge in [-0.2, -0.15) is 0 Å². The Bertz CT molecular complexity index is 1230. The molecule has 5 nitrogen and oxygen atoms in total. The monoisotopic (exact) mass is 442 g/mol. The van der Waals surface area contributed by atoms with Crippen molar-refractivity contribution in [3.05, 3.63) is 64.3 Å². The molecule has 0 atom stereocenters. The molecule has 1 amide bonds. The van der Waals surface area contributed by atoms with Gasteiger partial charge in [-0.3, -0.25) is 9.78 Å². The summed E-state index contributed by atoms with van der Waals surface area (Å²) in [7, 11) is -3.99. The van der Waals surface area contributed by atoms with E-state index in [0.717, 1.165) is 30.4 Å². The summed E-state index contributed by atoms with van der Waals surface area (Å²) in [5, 5.41) is 0.758. The van der Waals surface area contributed by atoms with Gasteiger partial charge in [0.05, 0.1) is 20.9 Å². The molecule has 0 N–H and O–H groups in total. The quantitative estimate of drug-likeness (QED) is 0.574. The minimum absolute atomic E-state index is 0.0180. The topological polar surface area (TPSA) is 67.3 Å². The summed E-state index contributed by atoms with van der Waals surface area (Å²) in [5.74, 6) is -0.299. The van der Waals surface area contributed by atoms with Gasteiger partial charge in [0, 0.05) is 29.7 Å². The van der Waals surface area contributed by atoms with E-state index in [2.05, 4.69) is 4.98 Å². The lowest BCUT2D eigenvalue weighted by Crippen LogP contribution is -2.36. The van der Waals surface area contributed by atoms with E-state index in [1.54, 1.807) is 35.2 Å². The first kappa shape index (κ1) is 20.8. The highest BCUT2D eigenvalue weighted by atomic mass is 35.5. The molecule has 1 aliphatic heterocycles. The summed E-state index contributed by atoms with van der Waals surface area (Å²) in [4.78, 5) is 19.6. The Morgan fingerprint density at radius 1 is 1.00 bits per heavy atom. The van der Waals surface area contributed by atoms with Gasteiger partial charge in [0.15, 0.2) is 0 Å². The fraction of sp³-hybridized carbons (Fsp3) is 0.304. The third-order valence-electron chi connectivity index (χ3n) is 5.43. The molecule has 0 spiro atoms. The minimum atomic E-state index is -3.99. The molecule has 7 heteroatoms. The molecule has 156 valence electrons. The van der Waals surface area contributed by atoms with Crippen LogP contribution in [0.2, 0.25) is 5.02 Å². The Morgan fingerprint density at radius 3 is 2.33 bits per heavy atom. The van der Waals surface area contributed by atoms with E-state index in [1.165, 1.54) is 6.20 Å². The number of halogens is 1. The number of amides is 1. The first-order valence-electron chi connectivity index (χ1n) is 9.98. The molecule has 0 radical (unpaired) electrons. The van der Waals surface area contributed by atoms with Crippen LogP contribution in [0.5, 0.6) is 0 Å². The van der Waals surface area contributed by atoms with Gasteiger partial charge in [0.25, 0.3) is 5.91 Å². The first-order valence-corrected chi connectivity index (χ1v) is 11.8.